The number of carbonyl (C=O) groups excluding carboxylic acids is 1. The predicted octanol–water partition coefficient (Wildman–Crippen LogP) is 3.62. The molecule has 0 fully saturated rings. The number of rotatable bonds is 4. The molecule has 0 amide bonds. The van der Waals surface area contributed by atoms with Crippen molar-refractivity contribution in [3.05, 3.63) is 71.9 Å². The van der Waals surface area contributed by atoms with E-state index in [1.165, 1.54) is 7.11 Å². The number of ether oxygens (including phenoxy) is 1. The highest BCUT2D eigenvalue weighted by atomic mass is 16.5. The lowest BCUT2D eigenvalue weighted by molar-refractivity contribution is -0.133. The van der Waals surface area contributed by atoms with E-state index in [-0.39, 0.29) is 5.97 Å². The van der Waals surface area contributed by atoms with E-state index in [1.807, 2.05) is 61.5 Å². The van der Waals surface area contributed by atoms with Gasteiger partial charge in [-0.3, -0.25) is 0 Å². The van der Waals surface area contributed by atoms with Crippen LogP contribution < -0.4 is 5.32 Å². The van der Waals surface area contributed by atoms with Gasteiger partial charge in [-0.05, 0) is 24.1 Å². The molecule has 2 aromatic rings. The van der Waals surface area contributed by atoms with Crippen molar-refractivity contribution in [2.24, 2.45) is 0 Å². The third-order valence-electron chi connectivity index (χ3n) is 3.01. The third kappa shape index (κ3) is 3.26. The highest BCUT2D eigenvalue weighted by molar-refractivity contribution is 6.16. The zero-order valence-corrected chi connectivity index (χ0v) is 11.6. The number of carbonyl (C=O) groups is 1. The molecule has 2 aromatic carbocycles. The Hall–Kier alpha value is -2.55. The van der Waals surface area contributed by atoms with Crippen molar-refractivity contribution in [3.63, 3.8) is 0 Å². The Morgan fingerprint density at radius 1 is 1.05 bits per heavy atom. The number of methoxy groups -OCH3 is 1. The van der Waals surface area contributed by atoms with Crippen LogP contribution in [-0.2, 0) is 9.53 Å². The number of benzene rings is 2. The van der Waals surface area contributed by atoms with E-state index in [4.69, 9.17) is 4.74 Å². The smallest absolute Gasteiger partial charge is 0.339 e. The molecule has 0 heterocycles. The van der Waals surface area contributed by atoms with Crippen molar-refractivity contribution in [2.45, 2.75) is 6.92 Å². The lowest BCUT2D eigenvalue weighted by Crippen LogP contribution is -2.06. The van der Waals surface area contributed by atoms with Crippen LogP contribution in [-0.4, -0.2) is 13.1 Å². The first-order valence-corrected chi connectivity index (χ1v) is 6.38. The van der Waals surface area contributed by atoms with Gasteiger partial charge in [-0.2, -0.15) is 0 Å². The summed E-state index contributed by atoms with van der Waals surface area (Å²) in [6.07, 6.45) is 1.68. The third-order valence-corrected chi connectivity index (χ3v) is 3.01. The maximum Gasteiger partial charge on any atom is 0.339 e. The summed E-state index contributed by atoms with van der Waals surface area (Å²) >= 11 is 0. The predicted molar refractivity (Wildman–Crippen MR) is 81.2 cm³/mol. The van der Waals surface area contributed by atoms with E-state index in [0.717, 1.165) is 16.8 Å². The van der Waals surface area contributed by atoms with Gasteiger partial charge in [0, 0.05) is 11.9 Å². The van der Waals surface area contributed by atoms with Gasteiger partial charge in [0.25, 0.3) is 0 Å². The Morgan fingerprint density at radius 3 is 2.35 bits per heavy atom. The second-order valence-corrected chi connectivity index (χ2v) is 4.37. The molecule has 102 valence electrons. The molecular formula is C17H17NO2. The molecule has 3 nitrogen and oxygen atoms in total. The maximum absolute atomic E-state index is 11.9. The van der Waals surface area contributed by atoms with Crippen LogP contribution in [0, 0.1) is 6.92 Å². The maximum atomic E-state index is 11.9. The van der Waals surface area contributed by atoms with E-state index >= 15 is 0 Å². The fourth-order valence-electron chi connectivity index (χ4n) is 1.87. The molecule has 0 aromatic heterocycles. The first-order valence-electron chi connectivity index (χ1n) is 6.38. The average Bonchev–Trinajstić information content (AvgIpc) is 2.50. The van der Waals surface area contributed by atoms with Crippen LogP contribution in [0.15, 0.2) is 60.8 Å². The lowest BCUT2D eigenvalue weighted by atomic mass is 10.1. The molecule has 20 heavy (non-hydrogen) atoms. The molecule has 3 heteroatoms. The highest BCUT2D eigenvalue weighted by Crippen LogP contribution is 2.18. The van der Waals surface area contributed by atoms with Crippen LogP contribution in [0.3, 0.4) is 0 Å². The van der Waals surface area contributed by atoms with Gasteiger partial charge in [0.2, 0.25) is 0 Å². The van der Waals surface area contributed by atoms with Gasteiger partial charge in [-0.25, -0.2) is 4.79 Å². The molecular weight excluding hydrogens is 250 g/mol. The molecule has 0 aliphatic rings. The minimum Gasteiger partial charge on any atom is -0.465 e. The van der Waals surface area contributed by atoms with Crippen molar-refractivity contribution in [1.29, 1.82) is 0 Å². The van der Waals surface area contributed by atoms with E-state index in [2.05, 4.69) is 5.32 Å². The molecule has 0 saturated carbocycles. The molecule has 0 spiro atoms. The Morgan fingerprint density at radius 2 is 1.70 bits per heavy atom. The number of hydrogen-bond donors (Lipinski definition) is 1. The zero-order valence-electron chi connectivity index (χ0n) is 11.6. The quantitative estimate of drug-likeness (QED) is 0.679. The summed E-state index contributed by atoms with van der Waals surface area (Å²) in [5.74, 6) is -0.364. The van der Waals surface area contributed by atoms with Crippen LogP contribution in [0.2, 0.25) is 0 Å². The van der Waals surface area contributed by atoms with Gasteiger partial charge in [0.15, 0.2) is 0 Å². The van der Waals surface area contributed by atoms with Crippen molar-refractivity contribution in [1.82, 2.24) is 0 Å². The largest absolute Gasteiger partial charge is 0.465 e. The van der Waals surface area contributed by atoms with Crippen LogP contribution in [0.5, 0.6) is 0 Å². The van der Waals surface area contributed by atoms with Gasteiger partial charge in [0.05, 0.1) is 12.7 Å². The number of anilines is 1. The fourth-order valence-corrected chi connectivity index (χ4v) is 1.87. The van der Waals surface area contributed by atoms with Crippen molar-refractivity contribution in [2.75, 3.05) is 12.4 Å². The molecule has 0 atom stereocenters. The summed E-state index contributed by atoms with van der Waals surface area (Å²) in [7, 11) is 1.38. The Labute approximate surface area is 118 Å². The van der Waals surface area contributed by atoms with Crippen LogP contribution in [0.25, 0.3) is 5.57 Å². The number of nitrogens with one attached hydrogen (secondary N) is 1. The first-order chi connectivity index (χ1) is 9.72. The molecule has 2 rings (SSSR count). The summed E-state index contributed by atoms with van der Waals surface area (Å²) in [6, 6.07) is 17.3. The van der Waals surface area contributed by atoms with Gasteiger partial charge < -0.3 is 10.1 Å². The van der Waals surface area contributed by atoms with E-state index in [1.54, 1.807) is 6.20 Å². The molecule has 0 radical (unpaired) electrons. The van der Waals surface area contributed by atoms with Gasteiger partial charge in [-0.1, -0.05) is 48.5 Å². The normalized spacial score (nSPS) is 11.0. The molecule has 0 saturated heterocycles. The van der Waals surface area contributed by atoms with Gasteiger partial charge in [0.1, 0.15) is 0 Å². The summed E-state index contributed by atoms with van der Waals surface area (Å²) in [6.45, 7) is 2.01. The van der Waals surface area contributed by atoms with Gasteiger partial charge in [-0.15, -0.1) is 0 Å². The van der Waals surface area contributed by atoms with E-state index < -0.39 is 0 Å². The second kappa shape index (κ2) is 6.57. The molecule has 0 aliphatic carbocycles. The molecule has 1 N–H and O–H groups in total. The molecule has 0 bridgehead atoms. The Kier molecular flexibility index (Phi) is 4.56. The van der Waals surface area contributed by atoms with Crippen molar-refractivity contribution < 1.29 is 9.53 Å². The number of aryl methyl sites for hydroxylation is 1. The summed E-state index contributed by atoms with van der Waals surface area (Å²) in [5.41, 5.74) is 3.39. The minimum absolute atomic E-state index is 0.364. The standard InChI is InChI=1S/C17H17NO2/c1-13-8-6-7-11-16(13)18-12-15(17(19)20-2)14-9-4-3-5-10-14/h3-12,18H,1-2H3. The average molecular weight is 267 g/mol. The van der Waals surface area contributed by atoms with Crippen LogP contribution in [0.1, 0.15) is 11.1 Å². The molecule has 0 aliphatic heterocycles. The second-order valence-electron chi connectivity index (χ2n) is 4.37. The lowest BCUT2D eigenvalue weighted by Gasteiger charge is -2.09. The van der Waals surface area contributed by atoms with Crippen LogP contribution >= 0.6 is 0 Å². The summed E-state index contributed by atoms with van der Waals surface area (Å²) in [4.78, 5) is 11.9. The van der Waals surface area contributed by atoms with E-state index in [0.29, 0.717) is 5.57 Å². The zero-order chi connectivity index (χ0) is 14.4. The topological polar surface area (TPSA) is 38.3 Å². The number of hydrogen-bond acceptors (Lipinski definition) is 3. The minimum atomic E-state index is -0.364. The Balaban J connectivity index is 2.31. The first kappa shape index (κ1) is 13.9. The van der Waals surface area contributed by atoms with Crippen LogP contribution in [0.4, 0.5) is 5.69 Å². The van der Waals surface area contributed by atoms with Crippen molar-refractivity contribution in [3.8, 4) is 0 Å². The summed E-state index contributed by atoms with van der Waals surface area (Å²) < 4.78 is 4.84. The van der Waals surface area contributed by atoms with E-state index in [9.17, 15) is 4.79 Å². The number of para-hydroxylation sites is 1. The van der Waals surface area contributed by atoms with Crippen molar-refractivity contribution >= 4 is 17.2 Å². The highest BCUT2D eigenvalue weighted by Gasteiger charge is 2.11. The summed E-state index contributed by atoms with van der Waals surface area (Å²) in [5, 5.41) is 3.16. The monoisotopic (exact) mass is 267 g/mol. The van der Waals surface area contributed by atoms with Gasteiger partial charge >= 0.3 is 5.97 Å². The fraction of sp³-hybridized carbons (Fsp3) is 0.118. The SMILES string of the molecule is COC(=O)C(=CNc1ccccc1C)c1ccccc1. The number of esters is 1. The Bertz CT molecular complexity index is 618. The molecule has 0 unspecified atom stereocenters.